The fraction of sp³-hybridized carbons (Fsp3) is 0.333. The van der Waals surface area contributed by atoms with Crippen LogP contribution in [0.25, 0.3) is 10.8 Å². The van der Waals surface area contributed by atoms with Crippen LogP contribution in [0.3, 0.4) is 0 Å². The molecule has 0 radical (unpaired) electrons. The Balaban J connectivity index is 1.41. The van der Waals surface area contributed by atoms with Crippen LogP contribution in [0.5, 0.6) is 0 Å². The van der Waals surface area contributed by atoms with Gasteiger partial charge in [-0.15, -0.1) is 0 Å². The van der Waals surface area contributed by atoms with Crippen molar-refractivity contribution in [2.75, 3.05) is 11.4 Å². The lowest BCUT2D eigenvalue weighted by atomic mass is 10.1. The monoisotopic (exact) mass is 377 g/mol. The summed E-state index contributed by atoms with van der Waals surface area (Å²) < 4.78 is 1.84. The molecule has 0 spiro atoms. The number of benzene rings is 2. The van der Waals surface area contributed by atoms with Crippen molar-refractivity contribution >= 4 is 28.3 Å². The van der Waals surface area contributed by atoms with Crippen molar-refractivity contribution in [3.8, 4) is 0 Å². The first kappa shape index (κ1) is 18.2. The highest BCUT2D eigenvalue weighted by molar-refractivity contribution is 6.26. The van der Waals surface area contributed by atoms with Gasteiger partial charge in [0.1, 0.15) is 17.7 Å². The number of hydrogen-bond donors (Lipinski definition) is 1. The Morgan fingerprint density at radius 2 is 1.93 bits per heavy atom. The van der Waals surface area contributed by atoms with E-state index >= 15 is 0 Å². The number of amides is 2. The van der Waals surface area contributed by atoms with Gasteiger partial charge in [-0.25, -0.2) is 4.98 Å². The van der Waals surface area contributed by atoms with Crippen molar-refractivity contribution in [2.24, 2.45) is 0 Å². The quantitative estimate of drug-likeness (QED) is 0.670. The van der Waals surface area contributed by atoms with Gasteiger partial charge in [0, 0.05) is 24.0 Å². The zero-order chi connectivity index (χ0) is 19.8. The van der Waals surface area contributed by atoms with E-state index in [0.717, 1.165) is 34.5 Å². The summed E-state index contributed by atoms with van der Waals surface area (Å²) in [4.78, 5) is 31.5. The summed E-state index contributed by atoms with van der Waals surface area (Å²) in [5.74, 6) is 1.33. The topological polar surface area (TPSA) is 80.1 Å². The Bertz CT molecular complexity index is 1070. The first-order chi connectivity index (χ1) is 13.5. The van der Waals surface area contributed by atoms with Gasteiger partial charge in [0.25, 0.3) is 5.91 Å². The maximum Gasteiger partial charge on any atom is 0.259 e. The van der Waals surface area contributed by atoms with Gasteiger partial charge in [-0.1, -0.05) is 24.3 Å². The van der Waals surface area contributed by atoms with E-state index in [-0.39, 0.29) is 11.8 Å². The molecule has 0 fully saturated rings. The highest BCUT2D eigenvalue weighted by Crippen LogP contribution is 2.38. The van der Waals surface area contributed by atoms with Crippen molar-refractivity contribution in [1.82, 2.24) is 20.1 Å². The number of nitrogens with one attached hydrogen (secondary N) is 1. The second-order valence-electron chi connectivity index (χ2n) is 7.11. The van der Waals surface area contributed by atoms with Crippen LogP contribution in [0.1, 0.15) is 35.4 Å². The van der Waals surface area contributed by atoms with Gasteiger partial charge in [0.15, 0.2) is 0 Å². The van der Waals surface area contributed by atoms with Crippen LogP contribution in [0.15, 0.2) is 36.4 Å². The number of rotatable bonds is 6. The van der Waals surface area contributed by atoms with E-state index in [2.05, 4.69) is 15.4 Å². The molecule has 4 rings (SSSR count). The molecular formula is C21H23N5O2. The van der Waals surface area contributed by atoms with Gasteiger partial charge in [-0.05, 0) is 44.7 Å². The third-order valence-corrected chi connectivity index (χ3v) is 5.17. The fourth-order valence-electron chi connectivity index (χ4n) is 3.80. The van der Waals surface area contributed by atoms with Crippen molar-refractivity contribution in [2.45, 2.75) is 39.8 Å². The van der Waals surface area contributed by atoms with E-state index in [0.29, 0.717) is 18.7 Å². The number of nitrogens with zero attached hydrogens (tertiary/aromatic N) is 4. The Morgan fingerprint density at radius 3 is 2.64 bits per heavy atom. The predicted molar refractivity (Wildman–Crippen MR) is 107 cm³/mol. The SMILES string of the molecule is Cc1nc(C)n(CCCNC(=O)C(C)N2C(=O)c3cccc4cccc2c34)n1. The van der Waals surface area contributed by atoms with Crippen LogP contribution in [-0.2, 0) is 11.3 Å². The van der Waals surface area contributed by atoms with Crippen molar-refractivity contribution < 1.29 is 9.59 Å². The van der Waals surface area contributed by atoms with Crippen molar-refractivity contribution in [3.05, 3.63) is 53.6 Å². The molecule has 0 saturated carbocycles. The maximum absolute atomic E-state index is 12.9. The molecule has 1 N–H and O–H groups in total. The minimum Gasteiger partial charge on any atom is -0.354 e. The number of carbonyl (C=O) groups is 2. The standard InChI is InChI=1S/C21H23N5O2/c1-13(20(27)22-11-6-12-25-15(3)23-14(2)24-25)26-18-10-5-8-16-7-4-9-17(19(16)18)21(26)28/h4-5,7-10,13H,6,11-12H2,1-3H3,(H,22,27). The van der Waals surface area contributed by atoms with Crippen LogP contribution in [0, 0.1) is 13.8 Å². The summed E-state index contributed by atoms with van der Waals surface area (Å²) in [5, 5.41) is 9.19. The van der Waals surface area contributed by atoms with Crippen LogP contribution in [0.4, 0.5) is 5.69 Å². The van der Waals surface area contributed by atoms with E-state index in [4.69, 9.17) is 0 Å². The molecule has 2 aromatic carbocycles. The van der Waals surface area contributed by atoms with Gasteiger partial charge in [-0.2, -0.15) is 5.10 Å². The van der Waals surface area contributed by atoms with E-state index in [1.807, 2.05) is 54.9 Å². The molecule has 1 aliphatic rings. The molecule has 144 valence electrons. The minimum atomic E-state index is -0.583. The van der Waals surface area contributed by atoms with Gasteiger partial charge in [0.05, 0.1) is 5.69 Å². The highest BCUT2D eigenvalue weighted by Gasteiger charge is 2.35. The molecule has 7 heteroatoms. The molecule has 7 nitrogen and oxygen atoms in total. The largest absolute Gasteiger partial charge is 0.354 e. The number of aromatic nitrogens is 3. The molecule has 1 aromatic heterocycles. The van der Waals surface area contributed by atoms with Crippen LogP contribution >= 0.6 is 0 Å². The normalized spacial score (nSPS) is 14.0. The molecule has 0 aliphatic carbocycles. The summed E-state index contributed by atoms with van der Waals surface area (Å²) in [5.41, 5.74) is 1.46. The Morgan fingerprint density at radius 1 is 1.18 bits per heavy atom. The number of aryl methyl sites for hydroxylation is 3. The molecule has 0 saturated heterocycles. The third kappa shape index (κ3) is 3.02. The van der Waals surface area contributed by atoms with E-state index < -0.39 is 6.04 Å². The molecule has 1 aliphatic heterocycles. The number of anilines is 1. The van der Waals surface area contributed by atoms with Gasteiger partial charge in [-0.3, -0.25) is 19.2 Å². The van der Waals surface area contributed by atoms with E-state index in [9.17, 15) is 9.59 Å². The maximum atomic E-state index is 12.9. The Hall–Kier alpha value is -3.22. The predicted octanol–water partition coefficient (Wildman–Crippen LogP) is 2.60. The molecule has 3 aromatic rings. The van der Waals surface area contributed by atoms with E-state index in [1.165, 1.54) is 0 Å². The smallest absolute Gasteiger partial charge is 0.259 e. The van der Waals surface area contributed by atoms with Gasteiger partial charge in [0.2, 0.25) is 5.91 Å². The zero-order valence-electron chi connectivity index (χ0n) is 16.3. The summed E-state index contributed by atoms with van der Waals surface area (Å²) in [6.45, 7) is 6.74. The van der Waals surface area contributed by atoms with Crippen molar-refractivity contribution in [3.63, 3.8) is 0 Å². The van der Waals surface area contributed by atoms with Crippen LogP contribution < -0.4 is 10.2 Å². The number of hydrogen-bond acceptors (Lipinski definition) is 4. The highest BCUT2D eigenvalue weighted by atomic mass is 16.2. The van der Waals surface area contributed by atoms with Gasteiger partial charge >= 0.3 is 0 Å². The first-order valence-corrected chi connectivity index (χ1v) is 9.48. The van der Waals surface area contributed by atoms with Gasteiger partial charge < -0.3 is 5.32 Å². The summed E-state index contributed by atoms with van der Waals surface area (Å²) in [7, 11) is 0. The number of carbonyl (C=O) groups excluding carboxylic acids is 2. The first-order valence-electron chi connectivity index (χ1n) is 9.48. The molecule has 28 heavy (non-hydrogen) atoms. The lowest BCUT2D eigenvalue weighted by molar-refractivity contribution is -0.121. The average molecular weight is 377 g/mol. The van der Waals surface area contributed by atoms with Crippen LogP contribution in [0.2, 0.25) is 0 Å². The molecule has 1 atom stereocenters. The minimum absolute atomic E-state index is 0.122. The second kappa shape index (κ2) is 7.07. The van der Waals surface area contributed by atoms with Crippen LogP contribution in [-0.4, -0.2) is 39.2 Å². The lowest BCUT2D eigenvalue weighted by Gasteiger charge is -2.24. The van der Waals surface area contributed by atoms with Crippen molar-refractivity contribution in [1.29, 1.82) is 0 Å². The molecule has 1 unspecified atom stereocenters. The molecule has 0 bridgehead atoms. The second-order valence-corrected chi connectivity index (χ2v) is 7.11. The third-order valence-electron chi connectivity index (χ3n) is 5.17. The zero-order valence-corrected chi connectivity index (χ0v) is 16.3. The molecule has 2 heterocycles. The Kier molecular flexibility index (Phi) is 4.58. The summed E-state index contributed by atoms with van der Waals surface area (Å²) >= 11 is 0. The summed E-state index contributed by atoms with van der Waals surface area (Å²) in [6, 6.07) is 10.9. The van der Waals surface area contributed by atoms with E-state index in [1.54, 1.807) is 11.8 Å². The fourth-order valence-corrected chi connectivity index (χ4v) is 3.80. The average Bonchev–Trinajstić information content (AvgIpc) is 3.16. The lowest BCUT2D eigenvalue weighted by Crippen LogP contribution is -2.47. The Labute approximate surface area is 163 Å². The summed E-state index contributed by atoms with van der Waals surface area (Å²) in [6.07, 6.45) is 0.742. The molecule has 2 amide bonds. The molecular weight excluding hydrogens is 354 g/mol.